The molecule has 4 N–H and O–H groups in total. The molecule has 10 heteroatoms. The van der Waals surface area contributed by atoms with Crippen LogP contribution in [0.2, 0.25) is 0 Å². The normalized spacial score (nSPS) is 43.2. The van der Waals surface area contributed by atoms with Gasteiger partial charge >= 0.3 is 0 Å². The van der Waals surface area contributed by atoms with Crippen molar-refractivity contribution in [2.75, 3.05) is 48.5 Å². The van der Waals surface area contributed by atoms with Crippen LogP contribution in [-0.2, 0) is 19.2 Å². The number of amides is 2. The first kappa shape index (κ1) is 36.0. The minimum absolute atomic E-state index is 0.0110. The summed E-state index contributed by atoms with van der Waals surface area (Å²) in [6, 6.07) is 0.0150. The maximum atomic E-state index is 14.4. The third kappa shape index (κ3) is 6.77. The molecule has 7 unspecified atom stereocenters. The molecule has 5 saturated carbocycles. The first-order valence-electron chi connectivity index (χ1n) is 18.3. The highest BCUT2D eigenvalue weighted by Gasteiger charge is 2.58. The molecule has 0 radical (unpaired) electrons. The van der Waals surface area contributed by atoms with Crippen molar-refractivity contribution in [1.82, 2.24) is 25.9 Å². The van der Waals surface area contributed by atoms with Crippen molar-refractivity contribution in [3.8, 4) is 0 Å². The maximum absolute atomic E-state index is 14.4. The van der Waals surface area contributed by atoms with Crippen LogP contribution in [0.3, 0.4) is 0 Å². The van der Waals surface area contributed by atoms with Crippen molar-refractivity contribution in [3.05, 3.63) is 0 Å². The van der Waals surface area contributed by atoms with Gasteiger partial charge in [0.1, 0.15) is 12.1 Å². The summed E-state index contributed by atoms with van der Waals surface area (Å²) in [5, 5.41) is 22.2. The molecular weight excluding hydrogens is 582 g/mol. The van der Waals surface area contributed by atoms with E-state index in [9.17, 15) is 14.7 Å². The van der Waals surface area contributed by atoms with E-state index in [0.29, 0.717) is 47.6 Å². The molecule has 0 aromatic heterocycles. The summed E-state index contributed by atoms with van der Waals surface area (Å²) in [5.41, 5.74) is 0.353. The van der Waals surface area contributed by atoms with Gasteiger partial charge in [0, 0.05) is 56.6 Å². The Kier molecular flexibility index (Phi) is 11.5. The molecule has 1 heterocycles. The largest absolute Gasteiger partial charge is 0.394 e. The average Bonchev–Trinajstić information content (AvgIpc) is 3.42. The van der Waals surface area contributed by atoms with Crippen molar-refractivity contribution in [1.29, 1.82) is 0 Å². The summed E-state index contributed by atoms with van der Waals surface area (Å²) in [7, 11) is 9.74. The standard InChI is InChI=1S/C36H65N5O5/c1-20-28-16-25(36(28,3)4)17-29(20)39-35(44)32-31(21(2)37-5)30(19-42)46-41(32)18-22-11-10-12-27(33(22)45-9)23-13-24(34(43)38-6)15-26(14-23)40(7)8/h20-33,37,42H,10-19H2,1-9H3,(H,38,43)(H,39,44)/t20-,21?,22?,23?,24?,25+,26?,27?,28-,29-,30-,31+,32-,33?/m0/s1. The number of rotatable bonds is 11. The van der Waals surface area contributed by atoms with Crippen LogP contribution in [0.1, 0.15) is 79.1 Å². The number of nitrogens with zero attached hydrogens (tertiary/aromatic N) is 2. The zero-order valence-electron chi connectivity index (χ0n) is 30.1. The number of nitrogens with one attached hydrogen (secondary N) is 3. The van der Waals surface area contributed by atoms with Crippen LogP contribution >= 0.6 is 0 Å². The Morgan fingerprint density at radius 1 is 1.09 bits per heavy atom. The quantitative estimate of drug-likeness (QED) is 0.271. The molecule has 6 aliphatic rings. The van der Waals surface area contributed by atoms with Gasteiger partial charge in [-0.3, -0.25) is 14.4 Å². The molecule has 0 aromatic rings. The van der Waals surface area contributed by atoms with Crippen LogP contribution in [0.4, 0.5) is 0 Å². The molecule has 2 amide bonds. The minimum atomic E-state index is -0.499. The van der Waals surface area contributed by atoms with E-state index in [0.717, 1.165) is 44.9 Å². The molecule has 6 fully saturated rings. The number of hydroxylamine groups is 2. The number of aliphatic hydroxyl groups excluding tert-OH is 1. The Balaban J connectivity index is 1.35. The van der Waals surface area contributed by atoms with Crippen molar-refractivity contribution in [2.24, 2.45) is 52.8 Å². The molecule has 46 heavy (non-hydrogen) atoms. The molecule has 5 aliphatic carbocycles. The third-order valence-corrected chi connectivity index (χ3v) is 13.9. The third-order valence-electron chi connectivity index (χ3n) is 13.9. The summed E-state index contributed by atoms with van der Waals surface area (Å²) < 4.78 is 6.36. The van der Waals surface area contributed by atoms with Crippen LogP contribution in [0.25, 0.3) is 0 Å². The van der Waals surface area contributed by atoms with E-state index in [1.54, 1.807) is 7.05 Å². The highest BCUT2D eigenvalue weighted by molar-refractivity contribution is 5.83. The molecule has 0 aromatic carbocycles. The summed E-state index contributed by atoms with van der Waals surface area (Å²) in [6.07, 6.45) is 7.87. The minimum Gasteiger partial charge on any atom is -0.394 e. The maximum Gasteiger partial charge on any atom is 0.240 e. The van der Waals surface area contributed by atoms with Crippen molar-refractivity contribution < 1.29 is 24.3 Å². The molecular formula is C36H65N5O5. The predicted molar refractivity (Wildman–Crippen MR) is 180 cm³/mol. The Hall–Kier alpha value is -1.30. The van der Waals surface area contributed by atoms with Crippen molar-refractivity contribution >= 4 is 11.8 Å². The van der Waals surface area contributed by atoms with Gasteiger partial charge in [0.15, 0.2) is 0 Å². The van der Waals surface area contributed by atoms with Crippen molar-refractivity contribution in [2.45, 2.75) is 115 Å². The van der Waals surface area contributed by atoms with Crippen LogP contribution in [0.5, 0.6) is 0 Å². The number of fused-ring (bicyclic) bond motifs is 2. The van der Waals surface area contributed by atoms with Gasteiger partial charge in [0.05, 0.1) is 12.7 Å². The van der Waals surface area contributed by atoms with Gasteiger partial charge in [0.25, 0.3) is 0 Å². The number of hydrogen-bond acceptors (Lipinski definition) is 8. The Labute approximate surface area is 278 Å². The monoisotopic (exact) mass is 647 g/mol. The number of carbonyl (C=O) groups excluding carboxylic acids is 2. The summed E-state index contributed by atoms with van der Waals surface area (Å²) >= 11 is 0. The van der Waals surface area contributed by atoms with Crippen LogP contribution in [0, 0.1) is 52.8 Å². The lowest BCUT2D eigenvalue weighted by atomic mass is 9.45. The van der Waals surface area contributed by atoms with Gasteiger partial charge in [0.2, 0.25) is 11.8 Å². The highest BCUT2D eigenvalue weighted by atomic mass is 16.7. The zero-order chi connectivity index (χ0) is 33.5. The number of methoxy groups -OCH3 is 1. The summed E-state index contributed by atoms with van der Waals surface area (Å²) in [6.45, 7) is 9.62. The van der Waals surface area contributed by atoms with Crippen LogP contribution in [0.15, 0.2) is 0 Å². The lowest BCUT2D eigenvalue weighted by molar-refractivity contribution is -0.193. The lowest BCUT2D eigenvalue weighted by Crippen LogP contribution is -2.63. The number of aliphatic hydroxyl groups is 1. The van der Waals surface area contributed by atoms with Crippen LogP contribution < -0.4 is 16.0 Å². The van der Waals surface area contributed by atoms with E-state index in [1.807, 2.05) is 19.2 Å². The molecule has 14 atom stereocenters. The van der Waals surface area contributed by atoms with E-state index in [2.05, 4.69) is 62.6 Å². The predicted octanol–water partition coefficient (Wildman–Crippen LogP) is 2.90. The fourth-order valence-corrected chi connectivity index (χ4v) is 10.8. The van der Waals surface area contributed by atoms with Gasteiger partial charge in [-0.2, -0.15) is 5.06 Å². The molecule has 1 saturated heterocycles. The first-order chi connectivity index (χ1) is 21.9. The Morgan fingerprint density at radius 3 is 2.41 bits per heavy atom. The Morgan fingerprint density at radius 2 is 1.83 bits per heavy atom. The summed E-state index contributed by atoms with van der Waals surface area (Å²) in [4.78, 5) is 36.0. The molecule has 2 bridgehead atoms. The SMILES string of the molecule is CNC(=O)C1CC(C2CCCC(CN3O[C@@H](CO)[C@@H](C(C)NC)[C@H]3C(=O)N[C@H]3C[C@H]4C[C@@H]([C@@H]3C)C4(C)C)C2OC)CC(N(C)C)C1. The molecule has 0 spiro atoms. The zero-order valence-corrected chi connectivity index (χ0v) is 30.1. The fourth-order valence-electron chi connectivity index (χ4n) is 10.8. The smallest absolute Gasteiger partial charge is 0.240 e. The van der Waals surface area contributed by atoms with E-state index >= 15 is 0 Å². The van der Waals surface area contributed by atoms with E-state index in [4.69, 9.17) is 9.57 Å². The summed E-state index contributed by atoms with van der Waals surface area (Å²) in [5.74, 6) is 2.63. The van der Waals surface area contributed by atoms with E-state index in [-0.39, 0.29) is 54.4 Å². The van der Waals surface area contributed by atoms with Gasteiger partial charge in [-0.15, -0.1) is 0 Å². The fraction of sp³-hybridized carbons (Fsp3) is 0.944. The van der Waals surface area contributed by atoms with Gasteiger partial charge in [-0.1, -0.05) is 27.2 Å². The molecule has 6 rings (SSSR count). The number of hydrogen-bond donors (Lipinski definition) is 4. The van der Waals surface area contributed by atoms with Gasteiger partial charge in [-0.25, -0.2) is 0 Å². The van der Waals surface area contributed by atoms with Crippen LogP contribution in [-0.4, -0.2) is 112 Å². The average molecular weight is 648 g/mol. The topological polar surface area (TPSA) is 115 Å². The lowest BCUT2D eigenvalue weighted by Gasteiger charge is -2.62. The second kappa shape index (κ2) is 14.7. The molecule has 1 aliphatic heterocycles. The van der Waals surface area contributed by atoms with Gasteiger partial charge < -0.3 is 30.7 Å². The Bertz CT molecular complexity index is 1060. The van der Waals surface area contributed by atoms with E-state index in [1.165, 1.54) is 6.42 Å². The molecule has 10 nitrogen and oxygen atoms in total. The second-order valence-corrected chi connectivity index (χ2v) is 16.5. The number of carbonyl (C=O) groups is 2. The van der Waals surface area contributed by atoms with Gasteiger partial charge in [-0.05, 0) is 108 Å². The van der Waals surface area contributed by atoms with Crippen molar-refractivity contribution in [3.63, 3.8) is 0 Å². The number of ether oxygens (including phenoxy) is 1. The van der Waals surface area contributed by atoms with E-state index < -0.39 is 12.1 Å². The highest BCUT2D eigenvalue weighted by Crippen LogP contribution is 2.61. The first-order valence-corrected chi connectivity index (χ1v) is 18.3. The second-order valence-electron chi connectivity index (χ2n) is 16.5. The molecule has 264 valence electrons.